The smallest absolute Gasteiger partial charge is 0.274 e. The van der Waals surface area contributed by atoms with E-state index in [9.17, 15) is 4.79 Å². The van der Waals surface area contributed by atoms with Crippen LogP contribution in [0.25, 0.3) is 17.0 Å². The molecule has 3 aromatic heterocycles. The second-order valence-corrected chi connectivity index (χ2v) is 6.84. The Morgan fingerprint density at radius 2 is 2.04 bits per heavy atom. The number of benzene rings is 1. The van der Waals surface area contributed by atoms with Crippen LogP contribution in [-0.4, -0.2) is 25.5 Å². The van der Waals surface area contributed by atoms with Gasteiger partial charge in [0.1, 0.15) is 11.3 Å². The zero-order chi connectivity index (χ0) is 19.7. The van der Waals surface area contributed by atoms with E-state index >= 15 is 0 Å². The molecule has 0 spiro atoms. The highest BCUT2D eigenvalue weighted by Crippen LogP contribution is 2.30. The molecular formula is C19H14N6O2S. The molecule has 0 aliphatic rings. The Morgan fingerprint density at radius 3 is 2.75 bits per heavy atom. The fourth-order valence-electron chi connectivity index (χ4n) is 2.87. The zero-order valence-corrected chi connectivity index (χ0v) is 15.5. The molecule has 28 heavy (non-hydrogen) atoms. The van der Waals surface area contributed by atoms with Crippen LogP contribution >= 0.6 is 11.3 Å². The lowest BCUT2D eigenvalue weighted by atomic mass is 10.2. The third kappa shape index (κ3) is 3.18. The Kier molecular flexibility index (Phi) is 4.49. The fourth-order valence-corrected chi connectivity index (χ4v) is 3.59. The van der Waals surface area contributed by atoms with Crippen molar-refractivity contribution in [3.05, 3.63) is 64.8 Å². The number of carbonyl (C=O) groups is 1. The maximum absolute atomic E-state index is 11.4. The van der Waals surface area contributed by atoms with Gasteiger partial charge in [-0.2, -0.15) is 5.26 Å². The van der Waals surface area contributed by atoms with Gasteiger partial charge in [0.15, 0.2) is 5.13 Å². The van der Waals surface area contributed by atoms with Gasteiger partial charge in [-0.1, -0.05) is 0 Å². The van der Waals surface area contributed by atoms with Crippen LogP contribution in [-0.2, 0) is 0 Å². The van der Waals surface area contributed by atoms with Crippen LogP contribution in [0.2, 0.25) is 0 Å². The number of imidazole rings is 1. The summed E-state index contributed by atoms with van der Waals surface area (Å²) in [6.07, 6.45) is 1.82. The molecule has 8 nitrogen and oxygen atoms in total. The molecule has 0 bridgehead atoms. The van der Waals surface area contributed by atoms with E-state index in [-0.39, 0.29) is 0 Å². The van der Waals surface area contributed by atoms with E-state index in [0.29, 0.717) is 21.9 Å². The molecule has 1 aromatic carbocycles. The first-order valence-electron chi connectivity index (χ1n) is 8.25. The van der Waals surface area contributed by atoms with Crippen LogP contribution in [0, 0.1) is 18.3 Å². The molecule has 0 aliphatic heterocycles. The Labute approximate surface area is 163 Å². The summed E-state index contributed by atoms with van der Waals surface area (Å²) in [5.41, 5.74) is 6.46. The number of thiazole rings is 1. The van der Waals surface area contributed by atoms with Crippen molar-refractivity contribution in [2.45, 2.75) is 6.92 Å². The number of aryl methyl sites for hydroxylation is 1. The van der Waals surface area contributed by atoms with Crippen molar-refractivity contribution >= 4 is 33.7 Å². The third-order valence-corrected chi connectivity index (χ3v) is 4.93. The molecule has 0 unspecified atom stereocenters. The predicted molar refractivity (Wildman–Crippen MR) is 105 cm³/mol. The molecule has 138 valence electrons. The number of nitrogens with zero attached hydrogens (tertiary/aromatic N) is 4. The van der Waals surface area contributed by atoms with E-state index in [1.54, 1.807) is 41.9 Å². The highest BCUT2D eigenvalue weighted by molar-refractivity contribution is 7.14. The van der Waals surface area contributed by atoms with E-state index in [1.807, 2.05) is 22.9 Å². The number of hydrogen-bond acceptors (Lipinski definition) is 7. The van der Waals surface area contributed by atoms with E-state index in [0.717, 1.165) is 22.8 Å². The molecule has 3 heterocycles. The topological polar surface area (TPSA) is 115 Å². The molecule has 0 radical (unpaired) electrons. The minimum absolute atomic E-state index is 0.353. The van der Waals surface area contributed by atoms with Gasteiger partial charge in [-0.15, -0.1) is 11.3 Å². The lowest BCUT2D eigenvalue weighted by Crippen LogP contribution is -2.18. The van der Waals surface area contributed by atoms with Crippen LogP contribution < -0.4 is 10.8 Å². The molecule has 0 aliphatic carbocycles. The number of nitriles is 1. The monoisotopic (exact) mass is 390 g/mol. The summed E-state index contributed by atoms with van der Waals surface area (Å²) >= 11 is 1.45. The number of pyridine rings is 1. The number of hydroxylamine groups is 1. The number of nitrogens with one attached hydrogen (secondary N) is 2. The standard InChI is InChI=1S/C19H14N6O2S/c1-11-17(25-7-6-12(9-20)8-16(25)21-11)15-10-28-19(23-15)22-14-4-2-13(3-5-14)18(26)24-27/h2-8,10,27H,1H3,(H,22,23)(H,24,26). The molecule has 4 rings (SSSR count). The second-order valence-electron chi connectivity index (χ2n) is 5.98. The summed E-state index contributed by atoms with van der Waals surface area (Å²) in [6.45, 7) is 1.91. The molecule has 1 amide bonds. The van der Waals surface area contributed by atoms with Crippen LogP contribution in [0.5, 0.6) is 0 Å². The molecule has 9 heteroatoms. The van der Waals surface area contributed by atoms with Crippen molar-refractivity contribution in [2.24, 2.45) is 0 Å². The number of rotatable bonds is 4. The Balaban J connectivity index is 1.61. The first-order chi connectivity index (χ1) is 13.6. The lowest BCUT2D eigenvalue weighted by molar-refractivity contribution is 0.0706. The van der Waals surface area contributed by atoms with Crippen molar-refractivity contribution in [1.82, 2.24) is 19.8 Å². The van der Waals surface area contributed by atoms with Crippen LogP contribution in [0.3, 0.4) is 0 Å². The summed E-state index contributed by atoms with van der Waals surface area (Å²) < 4.78 is 1.91. The number of anilines is 2. The molecule has 3 N–H and O–H groups in total. The van der Waals surface area contributed by atoms with Crippen molar-refractivity contribution in [3.8, 4) is 17.5 Å². The minimum atomic E-state index is -0.564. The van der Waals surface area contributed by atoms with Crippen molar-refractivity contribution in [2.75, 3.05) is 5.32 Å². The van der Waals surface area contributed by atoms with Gasteiger partial charge in [-0.05, 0) is 43.3 Å². The van der Waals surface area contributed by atoms with Gasteiger partial charge < -0.3 is 5.32 Å². The van der Waals surface area contributed by atoms with Gasteiger partial charge >= 0.3 is 0 Å². The van der Waals surface area contributed by atoms with Gasteiger partial charge in [0.25, 0.3) is 5.91 Å². The van der Waals surface area contributed by atoms with Gasteiger partial charge in [0.05, 0.1) is 23.0 Å². The minimum Gasteiger partial charge on any atom is -0.332 e. The maximum Gasteiger partial charge on any atom is 0.274 e. The average molecular weight is 390 g/mol. The van der Waals surface area contributed by atoms with Gasteiger partial charge in [-0.3, -0.25) is 14.4 Å². The van der Waals surface area contributed by atoms with Gasteiger partial charge in [0.2, 0.25) is 0 Å². The molecule has 0 atom stereocenters. The third-order valence-electron chi connectivity index (χ3n) is 4.18. The summed E-state index contributed by atoms with van der Waals surface area (Å²) in [5, 5.41) is 23.5. The SMILES string of the molecule is Cc1nc2cc(C#N)ccn2c1-c1csc(Nc2ccc(C(=O)NO)cc2)n1. The molecule has 0 saturated carbocycles. The first-order valence-corrected chi connectivity index (χ1v) is 9.13. The molecule has 0 fully saturated rings. The quantitative estimate of drug-likeness (QED) is 0.363. The normalized spacial score (nSPS) is 10.6. The number of carbonyl (C=O) groups excluding carboxylic acids is 1. The first kappa shape index (κ1) is 17.7. The van der Waals surface area contributed by atoms with Crippen LogP contribution in [0.4, 0.5) is 10.8 Å². The van der Waals surface area contributed by atoms with E-state index in [4.69, 9.17) is 10.5 Å². The highest BCUT2D eigenvalue weighted by atomic mass is 32.1. The summed E-state index contributed by atoms with van der Waals surface area (Å²) in [4.78, 5) is 20.5. The van der Waals surface area contributed by atoms with E-state index in [1.165, 1.54) is 11.3 Å². The molecular weight excluding hydrogens is 376 g/mol. The molecule has 4 aromatic rings. The number of fused-ring (bicyclic) bond motifs is 1. The number of aromatic nitrogens is 3. The Morgan fingerprint density at radius 1 is 1.25 bits per heavy atom. The largest absolute Gasteiger partial charge is 0.332 e. The lowest BCUT2D eigenvalue weighted by Gasteiger charge is -2.04. The fraction of sp³-hybridized carbons (Fsp3) is 0.0526. The summed E-state index contributed by atoms with van der Waals surface area (Å²) in [5.74, 6) is -0.564. The van der Waals surface area contributed by atoms with E-state index in [2.05, 4.69) is 21.4 Å². The molecule has 0 saturated heterocycles. The Hall–Kier alpha value is -3.74. The highest BCUT2D eigenvalue weighted by Gasteiger charge is 2.15. The van der Waals surface area contributed by atoms with Crippen LogP contribution in [0.1, 0.15) is 21.6 Å². The maximum atomic E-state index is 11.4. The summed E-state index contributed by atoms with van der Waals surface area (Å²) in [6, 6.07) is 12.3. The van der Waals surface area contributed by atoms with E-state index < -0.39 is 5.91 Å². The second kappa shape index (κ2) is 7.11. The average Bonchev–Trinajstić information content (AvgIpc) is 3.30. The number of hydrogen-bond donors (Lipinski definition) is 3. The van der Waals surface area contributed by atoms with Crippen molar-refractivity contribution in [3.63, 3.8) is 0 Å². The number of amides is 1. The summed E-state index contributed by atoms with van der Waals surface area (Å²) in [7, 11) is 0. The van der Waals surface area contributed by atoms with Crippen molar-refractivity contribution in [1.29, 1.82) is 5.26 Å². The van der Waals surface area contributed by atoms with Crippen molar-refractivity contribution < 1.29 is 10.0 Å². The van der Waals surface area contributed by atoms with Crippen LogP contribution in [0.15, 0.2) is 48.0 Å². The van der Waals surface area contributed by atoms with Gasteiger partial charge in [0, 0.05) is 22.8 Å². The van der Waals surface area contributed by atoms with Gasteiger partial charge in [-0.25, -0.2) is 15.4 Å². The zero-order valence-electron chi connectivity index (χ0n) is 14.7. The Bertz CT molecular complexity index is 1220. The predicted octanol–water partition coefficient (Wildman–Crippen LogP) is 3.50.